The molecule has 4 amide bonds. The van der Waals surface area contributed by atoms with Crippen LogP contribution in [-0.4, -0.2) is 129 Å². The van der Waals surface area contributed by atoms with E-state index in [4.69, 9.17) is 9.72 Å². The Hall–Kier alpha value is -6.69. The molecule has 2 aromatic heterocycles. The molecule has 6 fully saturated rings. The number of piperidine rings is 2. The molecule has 2 bridgehead atoms. The molecule has 68 heavy (non-hydrogen) atoms. The molecule has 8 aliphatic rings. The van der Waals surface area contributed by atoms with Crippen molar-refractivity contribution in [2.45, 2.75) is 76.5 Å². The van der Waals surface area contributed by atoms with Crippen LogP contribution < -0.4 is 15.0 Å². The van der Waals surface area contributed by atoms with Gasteiger partial charge in [-0.25, -0.2) is 9.97 Å². The highest BCUT2D eigenvalue weighted by molar-refractivity contribution is 6.05. The summed E-state index contributed by atoms with van der Waals surface area (Å²) in [4.78, 5) is 76.5. The molecule has 1 N–H and O–H groups in total. The number of imide groups is 1. The van der Waals surface area contributed by atoms with Gasteiger partial charge in [0.05, 0.1) is 36.3 Å². The smallest absolute Gasteiger partial charge is 0.255 e. The van der Waals surface area contributed by atoms with Gasteiger partial charge in [0.1, 0.15) is 11.8 Å². The third-order valence-corrected chi connectivity index (χ3v) is 15.9. The average Bonchev–Trinajstić information content (AvgIpc) is 3.67. The summed E-state index contributed by atoms with van der Waals surface area (Å²) in [5, 5.41) is 3.44. The van der Waals surface area contributed by atoms with Crippen LogP contribution in [0.15, 0.2) is 85.2 Å². The van der Waals surface area contributed by atoms with E-state index in [1.54, 1.807) is 4.90 Å². The number of amides is 4. The standard InChI is InChI=1S/C54H55N9O5/c64-48-14-13-47(50(65)58-48)63-30-40-27-42(9-12-44(40)51(63)66)60-20-16-41(17-21-60)61-24-22-59(23-25-61)18-3-4-36-7-10-43(11-8-36)68-35-53-32-54(33-53,34-53)52(67)62-19-15-38-28-56-49(57-46(38)31-62)39-26-37-5-1-2-6-45(37)55-29-39/h1-2,5-12,26-29,41,47H,13-25,30-35H2,(H,58,64,65). The van der Waals surface area contributed by atoms with Crippen LogP contribution in [0.5, 0.6) is 5.75 Å². The summed E-state index contributed by atoms with van der Waals surface area (Å²) in [7, 11) is 0. The molecule has 346 valence electrons. The summed E-state index contributed by atoms with van der Waals surface area (Å²) < 4.78 is 6.30. The van der Waals surface area contributed by atoms with E-state index in [-0.39, 0.29) is 40.9 Å². The molecule has 3 aliphatic carbocycles. The Bertz CT molecular complexity index is 2890. The van der Waals surface area contributed by atoms with E-state index >= 15 is 0 Å². The highest BCUT2D eigenvalue weighted by Crippen LogP contribution is 2.74. The van der Waals surface area contributed by atoms with Gasteiger partial charge in [-0.2, -0.15) is 0 Å². The lowest BCUT2D eigenvalue weighted by Gasteiger charge is -2.69. The first-order valence-corrected chi connectivity index (χ1v) is 24.4. The molecule has 3 aromatic carbocycles. The second kappa shape index (κ2) is 17.1. The topological polar surface area (TPSA) is 144 Å². The van der Waals surface area contributed by atoms with E-state index in [0.717, 1.165) is 135 Å². The molecule has 5 aliphatic heterocycles. The number of anilines is 1. The van der Waals surface area contributed by atoms with Crippen LogP contribution in [0.2, 0.25) is 0 Å². The number of nitrogens with one attached hydrogen (secondary N) is 1. The Morgan fingerprint density at radius 1 is 0.809 bits per heavy atom. The van der Waals surface area contributed by atoms with Gasteiger partial charge in [0.15, 0.2) is 5.82 Å². The van der Waals surface area contributed by atoms with E-state index in [1.165, 1.54) is 0 Å². The molecular formula is C54H55N9O5. The number of aromatic nitrogens is 3. The van der Waals surface area contributed by atoms with E-state index in [2.05, 4.69) is 54.0 Å². The zero-order chi connectivity index (χ0) is 46.0. The summed E-state index contributed by atoms with van der Waals surface area (Å²) in [5.41, 5.74) is 7.41. The SMILES string of the molecule is O=C1CCC(N2Cc3cc(N4CCC(N5CCN(CC#Cc6ccc(OCC78CC(C(=O)N9CCc%10cnc(-c%11cnc%12ccccc%12c%11)nc%10C9)(C7)C8)cc6)CC5)CC4)ccc3C2=O)C(=O)N1. The Kier molecular flexibility index (Phi) is 10.7. The van der Waals surface area contributed by atoms with Gasteiger partial charge in [0, 0.05) is 110 Å². The van der Waals surface area contributed by atoms with Crippen LogP contribution >= 0.6 is 0 Å². The van der Waals surface area contributed by atoms with Gasteiger partial charge >= 0.3 is 0 Å². The number of piperazine rings is 1. The van der Waals surface area contributed by atoms with Gasteiger partial charge in [-0.15, -0.1) is 0 Å². The molecule has 5 aromatic rings. The monoisotopic (exact) mass is 909 g/mol. The minimum atomic E-state index is -0.595. The van der Waals surface area contributed by atoms with Crippen molar-refractivity contribution < 1.29 is 23.9 Å². The van der Waals surface area contributed by atoms with Gasteiger partial charge < -0.3 is 19.4 Å². The summed E-state index contributed by atoms with van der Waals surface area (Å²) in [5.74, 6) is 7.74. The van der Waals surface area contributed by atoms with E-state index < -0.39 is 6.04 Å². The maximum absolute atomic E-state index is 13.9. The number of fused-ring (bicyclic) bond motifs is 3. The fourth-order valence-electron chi connectivity index (χ4n) is 12.2. The van der Waals surface area contributed by atoms with Gasteiger partial charge in [0.2, 0.25) is 17.7 Å². The molecule has 0 spiro atoms. The first-order chi connectivity index (χ1) is 33.2. The average molecular weight is 910 g/mol. The predicted octanol–water partition coefficient (Wildman–Crippen LogP) is 5.22. The van der Waals surface area contributed by atoms with Crippen molar-refractivity contribution >= 4 is 40.2 Å². The Morgan fingerprint density at radius 3 is 2.43 bits per heavy atom. The lowest BCUT2D eigenvalue weighted by molar-refractivity contribution is -0.226. The fraction of sp³-hybridized carbons (Fsp3) is 0.426. The predicted molar refractivity (Wildman–Crippen MR) is 255 cm³/mol. The maximum atomic E-state index is 13.9. The quantitative estimate of drug-likeness (QED) is 0.154. The van der Waals surface area contributed by atoms with Crippen LogP contribution in [0.1, 0.15) is 77.7 Å². The number of ether oxygens (including phenoxy) is 1. The Labute approximate surface area is 396 Å². The molecule has 7 heterocycles. The van der Waals surface area contributed by atoms with Crippen LogP contribution in [0.25, 0.3) is 22.3 Å². The van der Waals surface area contributed by atoms with Crippen molar-refractivity contribution in [1.82, 2.24) is 39.9 Å². The van der Waals surface area contributed by atoms with Gasteiger partial charge in [-0.3, -0.25) is 39.3 Å². The minimum Gasteiger partial charge on any atom is -0.493 e. The first kappa shape index (κ1) is 42.6. The highest BCUT2D eigenvalue weighted by Gasteiger charge is 2.72. The molecule has 0 radical (unpaired) electrons. The van der Waals surface area contributed by atoms with Crippen molar-refractivity contribution in [3.8, 4) is 29.0 Å². The number of para-hydroxylation sites is 1. The van der Waals surface area contributed by atoms with Crippen molar-refractivity contribution in [3.63, 3.8) is 0 Å². The third kappa shape index (κ3) is 7.95. The molecular weight excluding hydrogens is 855 g/mol. The number of rotatable bonds is 9. The summed E-state index contributed by atoms with van der Waals surface area (Å²) in [6.45, 7) is 9.02. The fourth-order valence-corrected chi connectivity index (χ4v) is 12.2. The number of carbonyl (C=O) groups excluding carboxylic acids is 4. The number of pyridine rings is 1. The van der Waals surface area contributed by atoms with Crippen molar-refractivity contribution in [2.24, 2.45) is 10.8 Å². The summed E-state index contributed by atoms with van der Waals surface area (Å²) in [6, 6.07) is 24.2. The van der Waals surface area contributed by atoms with Crippen LogP contribution in [0.4, 0.5) is 5.69 Å². The second-order valence-corrected chi connectivity index (χ2v) is 20.3. The van der Waals surface area contributed by atoms with Crippen molar-refractivity contribution in [2.75, 3.05) is 63.9 Å². The molecule has 3 saturated heterocycles. The molecule has 1 atom stereocenters. The van der Waals surface area contributed by atoms with E-state index in [9.17, 15) is 19.2 Å². The summed E-state index contributed by atoms with van der Waals surface area (Å²) in [6.07, 6.45) is 9.99. The van der Waals surface area contributed by atoms with Gasteiger partial charge in [-0.05, 0) is 111 Å². The zero-order valence-corrected chi connectivity index (χ0v) is 38.3. The van der Waals surface area contributed by atoms with Gasteiger partial charge in [0.25, 0.3) is 5.91 Å². The van der Waals surface area contributed by atoms with Crippen LogP contribution in [-0.2, 0) is 33.9 Å². The van der Waals surface area contributed by atoms with Crippen LogP contribution in [0, 0.1) is 22.7 Å². The lowest BCUT2D eigenvalue weighted by Crippen LogP contribution is -2.70. The highest BCUT2D eigenvalue weighted by atomic mass is 16.5. The molecule has 13 rings (SSSR count). The second-order valence-electron chi connectivity index (χ2n) is 20.3. The molecule has 3 saturated carbocycles. The molecule has 14 nitrogen and oxygen atoms in total. The Balaban J connectivity index is 0.561. The lowest BCUT2D eigenvalue weighted by atomic mass is 9.35. The minimum absolute atomic E-state index is 0.0838. The number of hydrogen-bond acceptors (Lipinski definition) is 11. The van der Waals surface area contributed by atoms with Crippen molar-refractivity contribution in [3.05, 3.63) is 113 Å². The van der Waals surface area contributed by atoms with E-state index in [0.29, 0.717) is 50.1 Å². The number of nitrogens with zero attached hydrogens (tertiary/aromatic N) is 8. The third-order valence-electron chi connectivity index (χ3n) is 15.9. The normalized spacial score (nSPS) is 24.9. The largest absolute Gasteiger partial charge is 0.493 e. The van der Waals surface area contributed by atoms with Crippen LogP contribution in [0.3, 0.4) is 0 Å². The maximum Gasteiger partial charge on any atom is 0.255 e. The van der Waals surface area contributed by atoms with Gasteiger partial charge in [-0.1, -0.05) is 30.0 Å². The Morgan fingerprint density at radius 2 is 1.62 bits per heavy atom. The number of benzene rings is 3. The number of hydrogen-bond donors (Lipinski definition) is 1. The summed E-state index contributed by atoms with van der Waals surface area (Å²) >= 11 is 0. The van der Waals surface area contributed by atoms with Crippen molar-refractivity contribution in [1.29, 1.82) is 0 Å². The number of carbonyl (C=O) groups is 4. The zero-order valence-electron chi connectivity index (χ0n) is 38.3. The first-order valence-electron chi connectivity index (χ1n) is 24.4. The molecule has 1 unspecified atom stereocenters. The molecule has 14 heteroatoms. The van der Waals surface area contributed by atoms with E-state index in [1.807, 2.05) is 78.0 Å².